The predicted octanol–water partition coefficient (Wildman–Crippen LogP) is 2.38. The summed E-state index contributed by atoms with van der Waals surface area (Å²) in [5.74, 6) is 0. The fourth-order valence-electron chi connectivity index (χ4n) is 1.70. The molecule has 0 saturated carbocycles. The number of hydrogen-bond acceptors (Lipinski definition) is 3. The Morgan fingerprint density at radius 2 is 2.00 bits per heavy atom. The van der Waals surface area contributed by atoms with Crippen LogP contribution in [-0.4, -0.2) is 29.1 Å². The van der Waals surface area contributed by atoms with Gasteiger partial charge in [0.15, 0.2) is 6.29 Å². The van der Waals surface area contributed by atoms with Crippen LogP contribution in [0.25, 0.3) is 0 Å². The van der Waals surface area contributed by atoms with Gasteiger partial charge >= 0.3 is 0 Å². The lowest BCUT2D eigenvalue weighted by molar-refractivity contribution is -0.166. The highest BCUT2D eigenvalue weighted by Gasteiger charge is 2.14. The molecule has 0 heterocycles. The number of rotatable bonds is 7. The minimum atomic E-state index is -0.756. The SMILES string of the molecule is C=CCN(Cc1ccccc1)C(C)OC(C)O. The fourth-order valence-corrected chi connectivity index (χ4v) is 1.70. The fraction of sp³-hybridized carbons (Fsp3) is 0.429. The van der Waals surface area contributed by atoms with Gasteiger partial charge in [0, 0.05) is 13.1 Å². The lowest BCUT2D eigenvalue weighted by atomic mass is 10.2. The molecule has 0 fully saturated rings. The Hall–Kier alpha value is -1.16. The number of hydrogen-bond donors (Lipinski definition) is 1. The van der Waals surface area contributed by atoms with Crippen LogP contribution in [0.4, 0.5) is 0 Å². The normalized spacial score (nSPS) is 14.6. The van der Waals surface area contributed by atoms with Crippen LogP contribution in [0.15, 0.2) is 43.0 Å². The van der Waals surface area contributed by atoms with Gasteiger partial charge in [-0.15, -0.1) is 6.58 Å². The van der Waals surface area contributed by atoms with Crippen molar-refractivity contribution >= 4 is 0 Å². The summed E-state index contributed by atoms with van der Waals surface area (Å²) in [5.41, 5.74) is 1.22. The third kappa shape index (κ3) is 5.13. The molecule has 0 saturated heterocycles. The van der Waals surface area contributed by atoms with Gasteiger partial charge in [-0.2, -0.15) is 0 Å². The van der Waals surface area contributed by atoms with E-state index in [-0.39, 0.29) is 6.23 Å². The number of ether oxygens (including phenoxy) is 1. The van der Waals surface area contributed by atoms with Crippen molar-refractivity contribution in [1.82, 2.24) is 4.90 Å². The second kappa shape index (κ2) is 7.22. The van der Waals surface area contributed by atoms with Crippen molar-refractivity contribution in [3.8, 4) is 0 Å². The Morgan fingerprint density at radius 1 is 1.35 bits per heavy atom. The summed E-state index contributed by atoms with van der Waals surface area (Å²) in [6.45, 7) is 8.79. The monoisotopic (exact) mass is 235 g/mol. The molecule has 0 aliphatic rings. The summed E-state index contributed by atoms with van der Waals surface area (Å²) in [6.07, 6.45) is 0.937. The van der Waals surface area contributed by atoms with Gasteiger partial charge in [0.1, 0.15) is 6.23 Å². The molecule has 3 heteroatoms. The molecule has 1 aromatic carbocycles. The number of benzene rings is 1. The quantitative estimate of drug-likeness (QED) is 0.582. The first kappa shape index (κ1) is 13.9. The molecular weight excluding hydrogens is 214 g/mol. The highest BCUT2D eigenvalue weighted by molar-refractivity contribution is 5.14. The van der Waals surface area contributed by atoms with Crippen LogP contribution < -0.4 is 0 Å². The van der Waals surface area contributed by atoms with Crippen molar-refractivity contribution in [3.63, 3.8) is 0 Å². The molecule has 0 radical (unpaired) electrons. The second-order valence-electron chi connectivity index (χ2n) is 4.04. The molecule has 0 aromatic heterocycles. The van der Waals surface area contributed by atoms with Gasteiger partial charge in [-0.3, -0.25) is 4.90 Å². The summed E-state index contributed by atoms with van der Waals surface area (Å²) < 4.78 is 5.37. The van der Waals surface area contributed by atoms with E-state index in [0.29, 0.717) is 0 Å². The average Bonchev–Trinajstić information content (AvgIpc) is 2.29. The predicted molar refractivity (Wildman–Crippen MR) is 69.3 cm³/mol. The van der Waals surface area contributed by atoms with Gasteiger partial charge in [0.2, 0.25) is 0 Å². The zero-order valence-electron chi connectivity index (χ0n) is 10.5. The van der Waals surface area contributed by atoms with Crippen LogP contribution in [0.1, 0.15) is 19.4 Å². The maximum atomic E-state index is 9.23. The zero-order valence-corrected chi connectivity index (χ0v) is 10.5. The maximum absolute atomic E-state index is 9.23. The van der Waals surface area contributed by atoms with Crippen LogP contribution in [-0.2, 0) is 11.3 Å². The van der Waals surface area contributed by atoms with E-state index < -0.39 is 6.29 Å². The Bertz CT molecular complexity index is 324. The Kier molecular flexibility index (Phi) is 5.91. The Labute approximate surface area is 103 Å². The Morgan fingerprint density at radius 3 is 2.53 bits per heavy atom. The molecule has 3 nitrogen and oxygen atoms in total. The molecule has 2 unspecified atom stereocenters. The molecule has 1 aromatic rings. The van der Waals surface area contributed by atoms with Crippen molar-refractivity contribution < 1.29 is 9.84 Å². The lowest BCUT2D eigenvalue weighted by Crippen LogP contribution is -2.36. The van der Waals surface area contributed by atoms with Gasteiger partial charge in [-0.05, 0) is 19.4 Å². The third-order valence-corrected chi connectivity index (χ3v) is 2.50. The molecule has 0 aliphatic carbocycles. The van der Waals surface area contributed by atoms with Crippen molar-refractivity contribution in [2.24, 2.45) is 0 Å². The molecule has 0 amide bonds. The van der Waals surface area contributed by atoms with Gasteiger partial charge in [-0.25, -0.2) is 0 Å². The van der Waals surface area contributed by atoms with Crippen molar-refractivity contribution in [3.05, 3.63) is 48.6 Å². The van der Waals surface area contributed by atoms with E-state index in [4.69, 9.17) is 4.74 Å². The van der Waals surface area contributed by atoms with E-state index in [9.17, 15) is 5.11 Å². The topological polar surface area (TPSA) is 32.7 Å². The molecule has 0 spiro atoms. The molecule has 0 aliphatic heterocycles. The maximum Gasteiger partial charge on any atom is 0.153 e. The number of aliphatic hydroxyl groups excluding tert-OH is 1. The molecule has 0 bridgehead atoms. The van der Waals surface area contributed by atoms with Gasteiger partial charge in [0.25, 0.3) is 0 Å². The van der Waals surface area contributed by atoms with Crippen molar-refractivity contribution in [1.29, 1.82) is 0 Å². The van der Waals surface area contributed by atoms with Crippen LogP contribution in [0, 0.1) is 0 Å². The highest BCUT2D eigenvalue weighted by Crippen LogP contribution is 2.10. The Balaban J connectivity index is 2.62. The molecular formula is C14H21NO2. The summed E-state index contributed by atoms with van der Waals surface area (Å²) in [6, 6.07) is 10.2. The van der Waals surface area contributed by atoms with E-state index in [0.717, 1.165) is 13.1 Å². The summed E-state index contributed by atoms with van der Waals surface area (Å²) in [7, 11) is 0. The van der Waals surface area contributed by atoms with Crippen LogP contribution in [0.2, 0.25) is 0 Å². The van der Waals surface area contributed by atoms with Crippen LogP contribution in [0.5, 0.6) is 0 Å². The van der Waals surface area contributed by atoms with Gasteiger partial charge < -0.3 is 9.84 Å². The molecule has 1 N–H and O–H groups in total. The second-order valence-corrected chi connectivity index (χ2v) is 4.04. The lowest BCUT2D eigenvalue weighted by Gasteiger charge is -2.28. The average molecular weight is 235 g/mol. The number of nitrogens with zero attached hydrogens (tertiary/aromatic N) is 1. The molecule has 94 valence electrons. The summed E-state index contributed by atoms with van der Waals surface area (Å²) in [4.78, 5) is 2.11. The largest absolute Gasteiger partial charge is 0.368 e. The smallest absolute Gasteiger partial charge is 0.153 e. The van der Waals surface area contributed by atoms with E-state index in [1.54, 1.807) is 6.92 Å². The minimum Gasteiger partial charge on any atom is -0.368 e. The zero-order chi connectivity index (χ0) is 12.7. The van der Waals surface area contributed by atoms with E-state index in [1.807, 2.05) is 31.2 Å². The summed E-state index contributed by atoms with van der Waals surface area (Å²) >= 11 is 0. The first-order valence-electron chi connectivity index (χ1n) is 5.86. The molecule has 1 rings (SSSR count). The van der Waals surface area contributed by atoms with E-state index in [2.05, 4.69) is 23.6 Å². The van der Waals surface area contributed by atoms with Gasteiger partial charge in [0.05, 0.1) is 0 Å². The minimum absolute atomic E-state index is 0.145. The van der Waals surface area contributed by atoms with E-state index in [1.165, 1.54) is 5.56 Å². The van der Waals surface area contributed by atoms with Gasteiger partial charge in [-0.1, -0.05) is 36.4 Å². The van der Waals surface area contributed by atoms with Crippen LogP contribution >= 0.6 is 0 Å². The molecule has 17 heavy (non-hydrogen) atoms. The standard InChI is InChI=1S/C14H21NO2/c1-4-10-15(12(2)17-13(3)16)11-14-8-6-5-7-9-14/h4-9,12-13,16H,1,10-11H2,2-3H3. The van der Waals surface area contributed by atoms with Crippen molar-refractivity contribution in [2.45, 2.75) is 32.9 Å². The highest BCUT2D eigenvalue weighted by atomic mass is 16.6. The number of aliphatic hydroxyl groups is 1. The summed E-state index contributed by atoms with van der Waals surface area (Å²) in [5, 5.41) is 9.23. The first-order valence-corrected chi connectivity index (χ1v) is 5.86. The van der Waals surface area contributed by atoms with Crippen molar-refractivity contribution in [2.75, 3.05) is 6.54 Å². The third-order valence-electron chi connectivity index (χ3n) is 2.50. The molecule has 2 atom stereocenters. The first-order chi connectivity index (χ1) is 8.13. The van der Waals surface area contributed by atoms with Crippen LogP contribution in [0.3, 0.4) is 0 Å². The van der Waals surface area contributed by atoms with E-state index >= 15 is 0 Å².